The summed E-state index contributed by atoms with van der Waals surface area (Å²) in [6.45, 7) is 6.51. The first-order valence-corrected chi connectivity index (χ1v) is 10.6. The summed E-state index contributed by atoms with van der Waals surface area (Å²) in [5.74, 6) is 0.360. The molecule has 2 aromatic heterocycles. The fraction of sp³-hybridized carbons (Fsp3) is 0.455. The summed E-state index contributed by atoms with van der Waals surface area (Å²) in [6.07, 6.45) is -3.13. The Morgan fingerprint density at radius 2 is 1.88 bits per heavy atom. The van der Waals surface area contributed by atoms with Gasteiger partial charge >= 0.3 is 6.18 Å². The second kappa shape index (κ2) is 8.40. The van der Waals surface area contributed by atoms with Crippen molar-refractivity contribution in [3.63, 3.8) is 0 Å². The van der Waals surface area contributed by atoms with Crippen LogP contribution in [0.2, 0.25) is 0 Å². The molecule has 1 aliphatic heterocycles. The molecule has 7 nitrogen and oxygen atoms in total. The molecule has 0 saturated heterocycles. The van der Waals surface area contributed by atoms with E-state index in [2.05, 4.69) is 43.9 Å². The Kier molecular flexibility index (Phi) is 5.79. The maximum Gasteiger partial charge on any atom is 0.433 e. The number of aromatic nitrogens is 5. The number of pyridine rings is 1. The maximum absolute atomic E-state index is 13.5. The highest BCUT2D eigenvalue weighted by molar-refractivity contribution is 5.56. The predicted molar refractivity (Wildman–Crippen MR) is 115 cm³/mol. The van der Waals surface area contributed by atoms with Crippen molar-refractivity contribution < 1.29 is 13.2 Å². The lowest BCUT2D eigenvalue weighted by molar-refractivity contribution is -0.141. The number of tetrazole rings is 1. The average Bonchev–Trinajstić information content (AvgIpc) is 3.15. The third-order valence-electron chi connectivity index (χ3n) is 5.66. The molecule has 0 radical (unpaired) electrons. The minimum absolute atomic E-state index is 0.0875. The van der Waals surface area contributed by atoms with Gasteiger partial charge in [0.2, 0.25) is 0 Å². The molecule has 0 saturated carbocycles. The van der Waals surface area contributed by atoms with Gasteiger partial charge in [-0.2, -0.15) is 18.0 Å². The topological polar surface area (TPSA) is 71.8 Å². The van der Waals surface area contributed by atoms with Crippen LogP contribution < -0.4 is 10.2 Å². The summed E-state index contributed by atoms with van der Waals surface area (Å²) in [5, 5.41) is 15.8. The Labute approximate surface area is 184 Å². The van der Waals surface area contributed by atoms with Gasteiger partial charge < -0.3 is 10.2 Å². The van der Waals surface area contributed by atoms with Gasteiger partial charge in [0, 0.05) is 12.6 Å². The zero-order chi connectivity index (χ0) is 23.0. The molecule has 0 spiro atoms. The molecule has 0 bridgehead atoms. The van der Waals surface area contributed by atoms with Gasteiger partial charge in [-0.15, -0.1) is 5.10 Å². The van der Waals surface area contributed by atoms with E-state index in [1.165, 1.54) is 10.9 Å². The second-order valence-electron chi connectivity index (χ2n) is 8.33. The van der Waals surface area contributed by atoms with Gasteiger partial charge in [-0.3, -0.25) is 0 Å². The molecule has 0 fully saturated rings. The van der Waals surface area contributed by atoms with Gasteiger partial charge in [-0.1, -0.05) is 41.3 Å². The minimum Gasteiger partial charge on any atom is -0.381 e. The number of nitrogens with zero attached hydrogens (tertiary/aromatic N) is 6. The average molecular weight is 445 g/mol. The molecule has 10 heteroatoms. The Balaban J connectivity index is 1.82. The van der Waals surface area contributed by atoms with Crippen LogP contribution >= 0.6 is 0 Å². The van der Waals surface area contributed by atoms with Gasteiger partial charge in [0.05, 0.1) is 24.5 Å². The zero-order valence-corrected chi connectivity index (χ0v) is 18.5. The van der Waals surface area contributed by atoms with Crippen LogP contribution in [0.4, 0.5) is 24.8 Å². The fourth-order valence-corrected chi connectivity index (χ4v) is 4.28. The van der Waals surface area contributed by atoms with E-state index in [1.54, 1.807) is 7.05 Å². The lowest BCUT2D eigenvalue weighted by Gasteiger charge is -2.38. The predicted octanol–water partition coefficient (Wildman–Crippen LogP) is 4.58. The molecule has 3 aromatic rings. The van der Waals surface area contributed by atoms with Crippen LogP contribution in [0.1, 0.15) is 53.9 Å². The molecule has 170 valence electrons. The van der Waals surface area contributed by atoms with Crippen molar-refractivity contribution in [2.75, 3.05) is 10.2 Å². The first kappa shape index (κ1) is 22.0. The van der Waals surface area contributed by atoms with Crippen molar-refractivity contribution in [2.45, 2.75) is 58.4 Å². The van der Waals surface area contributed by atoms with Crippen molar-refractivity contribution in [3.8, 4) is 0 Å². The molecule has 4 rings (SSSR count). The summed E-state index contributed by atoms with van der Waals surface area (Å²) in [7, 11) is 1.66. The number of hydrogen-bond acceptors (Lipinski definition) is 6. The molecule has 1 N–H and O–H groups in total. The molecule has 3 heterocycles. The number of fused-ring (bicyclic) bond motifs is 1. The van der Waals surface area contributed by atoms with Gasteiger partial charge in [0.25, 0.3) is 5.95 Å². The number of hydrogen-bond donors (Lipinski definition) is 1. The van der Waals surface area contributed by atoms with Crippen LogP contribution in [0.5, 0.6) is 0 Å². The monoisotopic (exact) mass is 445 g/mol. The highest BCUT2D eigenvalue weighted by atomic mass is 19.4. The van der Waals surface area contributed by atoms with Crippen LogP contribution in [0.3, 0.4) is 0 Å². The molecule has 32 heavy (non-hydrogen) atoms. The number of benzene rings is 1. The second-order valence-corrected chi connectivity index (χ2v) is 8.33. The van der Waals surface area contributed by atoms with Gasteiger partial charge in [-0.25, -0.2) is 4.98 Å². The molecule has 1 aliphatic rings. The minimum atomic E-state index is -4.52. The van der Waals surface area contributed by atoms with Crippen molar-refractivity contribution >= 4 is 11.6 Å². The quantitative estimate of drug-likeness (QED) is 0.620. The lowest BCUT2D eigenvalue weighted by atomic mass is 9.93. The highest BCUT2D eigenvalue weighted by Crippen LogP contribution is 2.40. The van der Waals surface area contributed by atoms with E-state index in [0.29, 0.717) is 30.3 Å². The molecule has 0 aliphatic carbocycles. The SMILES string of the molecule is CC[C@@H]1C[C@H](N(Cc2cc(C)cc(C)c2)c2nnn(C)n2)c2nc(C(F)(F)F)ccc2N1. The number of halogens is 3. The van der Waals surface area contributed by atoms with Crippen LogP contribution in [-0.2, 0) is 19.8 Å². The first-order valence-electron chi connectivity index (χ1n) is 10.6. The lowest BCUT2D eigenvalue weighted by Crippen LogP contribution is -2.39. The van der Waals surface area contributed by atoms with Crippen LogP contribution in [-0.4, -0.2) is 31.2 Å². The smallest absolute Gasteiger partial charge is 0.381 e. The number of aryl methyl sites for hydroxylation is 3. The highest BCUT2D eigenvalue weighted by Gasteiger charge is 2.38. The van der Waals surface area contributed by atoms with Crippen molar-refractivity contribution in [2.24, 2.45) is 7.05 Å². The standard InChI is InChI=1S/C22H26F3N7/c1-5-16-11-18(20-17(26-16)6-7-19(27-20)22(23,24)25)32(21-28-30-31(4)29-21)12-15-9-13(2)8-14(3)10-15/h6-10,16,18,26H,5,11-12H2,1-4H3/t16-,18+/m1/s1. The van der Waals surface area contributed by atoms with Crippen molar-refractivity contribution in [3.05, 3.63) is 58.4 Å². The molecule has 0 amide bonds. The van der Waals surface area contributed by atoms with Gasteiger partial charge in [0.1, 0.15) is 5.69 Å². The largest absolute Gasteiger partial charge is 0.433 e. The number of anilines is 2. The Bertz CT molecular complexity index is 1090. The summed E-state index contributed by atoms with van der Waals surface area (Å²) in [5.41, 5.74) is 3.30. The van der Waals surface area contributed by atoms with E-state index in [-0.39, 0.29) is 6.04 Å². The van der Waals surface area contributed by atoms with Crippen LogP contribution in [0.25, 0.3) is 0 Å². The van der Waals surface area contributed by atoms with Gasteiger partial charge in [-0.05, 0) is 49.6 Å². The molecular formula is C22H26F3N7. The summed E-state index contributed by atoms with van der Waals surface area (Å²) in [6, 6.07) is 8.35. The van der Waals surface area contributed by atoms with E-state index < -0.39 is 17.9 Å². The van der Waals surface area contributed by atoms with Crippen LogP contribution in [0, 0.1) is 13.8 Å². The Hall–Kier alpha value is -3.17. The number of rotatable bonds is 5. The number of nitrogens with one attached hydrogen (secondary N) is 1. The van der Waals surface area contributed by atoms with Crippen LogP contribution in [0.15, 0.2) is 30.3 Å². The first-order chi connectivity index (χ1) is 15.1. The van der Waals surface area contributed by atoms with E-state index in [9.17, 15) is 13.2 Å². The molecule has 2 atom stereocenters. The Morgan fingerprint density at radius 1 is 1.16 bits per heavy atom. The Morgan fingerprint density at radius 3 is 2.47 bits per heavy atom. The maximum atomic E-state index is 13.5. The van der Waals surface area contributed by atoms with E-state index in [4.69, 9.17) is 0 Å². The fourth-order valence-electron chi connectivity index (χ4n) is 4.28. The normalized spacial score (nSPS) is 18.2. The van der Waals surface area contributed by atoms with E-state index in [1.807, 2.05) is 25.7 Å². The van der Waals surface area contributed by atoms with Crippen molar-refractivity contribution in [1.29, 1.82) is 0 Å². The zero-order valence-electron chi connectivity index (χ0n) is 18.5. The molecule has 0 unspecified atom stereocenters. The van der Waals surface area contributed by atoms with Crippen molar-refractivity contribution in [1.82, 2.24) is 25.2 Å². The van der Waals surface area contributed by atoms with E-state index >= 15 is 0 Å². The van der Waals surface area contributed by atoms with Gasteiger partial charge in [0.15, 0.2) is 0 Å². The summed E-state index contributed by atoms with van der Waals surface area (Å²) < 4.78 is 40.4. The number of alkyl halides is 3. The molecular weight excluding hydrogens is 419 g/mol. The third kappa shape index (κ3) is 4.53. The summed E-state index contributed by atoms with van der Waals surface area (Å²) in [4.78, 5) is 7.32. The third-order valence-corrected chi connectivity index (χ3v) is 5.66. The summed E-state index contributed by atoms with van der Waals surface area (Å²) >= 11 is 0. The molecule has 1 aromatic carbocycles. The van der Waals surface area contributed by atoms with E-state index in [0.717, 1.165) is 29.2 Å².